The van der Waals surface area contributed by atoms with Crippen LogP contribution in [0.3, 0.4) is 0 Å². The first-order valence-corrected chi connectivity index (χ1v) is 2.19. The van der Waals surface area contributed by atoms with E-state index in [1.54, 1.807) is 6.08 Å². The average Bonchev–Trinajstić information content (AvgIpc) is 1.33. The summed E-state index contributed by atoms with van der Waals surface area (Å²) >= 11 is 0. The van der Waals surface area contributed by atoms with Crippen LogP contribution in [-0.4, -0.2) is 16.7 Å². The molecule has 50 valence electrons. The predicted octanol–water partition coefficient (Wildman–Crippen LogP) is 0.336. The van der Waals surface area contributed by atoms with E-state index in [2.05, 4.69) is 6.58 Å². The van der Waals surface area contributed by atoms with Crippen LogP contribution in [0.25, 0.3) is 0 Å². The van der Waals surface area contributed by atoms with Crippen LogP contribution >= 0.6 is 0 Å². The molecule has 0 saturated carbocycles. The van der Waals surface area contributed by atoms with Crippen molar-refractivity contribution in [3.8, 4) is 0 Å². The Labute approximate surface area is 55.8 Å². The van der Waals surface area contributed by atoms with Gasteiger partial charge in [0.15, 0.2) is 0 Å². The van der Waals surface area contributed by atoms with Gasteiger partial charge in [0.1, 0.15) is 5.78 Å². The zero-order valence-corrected chi connectivity index (χ0v) is 5.19. The highest BCUT2D eigenvalue weighted by Gasteiger charge is 1.62. The number of carbonyl (C=O) groups is 1. The third-order valence-corrected chi connectivity index (χ3v) is 0. The lowest BCUT2D eigenvalue weighted by atomic mass is 10.6. The number of allylic oxidation sites excluding steroid dienone is 1. The molecule has 0 aromatic rings. The number of hydrogen-bond donors (Lipinski definition) is 0. The van der Waals surface area contributed by atoms with Crippen molar-refractivity contribution >= 4 is 16.7 Å². The zero-order valence-electron chi connectivity index (χ0n) is 5.19. The number of Topliss-reactive ketones (excluding diaryl/α,β-unsaturated/α-hetero) is 1. The van der Waals surface area contributed by atoms with Crippen molar-refractivity contribution in [2.75, 3.05) is 0 Å². The highest BCUT2D eigenvalue weighted by Crippen LogP contribution is 1.50. The van der Waals surface area contributed by atoms with E-state index in [-0.39, 0.29) is 16.7 Å². The maximum Gasteiger partial charge on any atom is 0.126 e. The Balaban J connectivity index is -0.0000000575. The van der Waals surface area contributed by atoms with Crippen LogP contribution in [0, 0.1) is 0 Å². The van der Waals surface area contributed by atoms with Gasteiger partial charge in [-0.25, -0.2) is 0 Å². The Kier molecular flexibility index (Phi) is 31.2. The molecule has 1 nitrogen and oxygen atoms in total. The monoisotopic (exact) mass is 132 g/mol. The summed E-state index contributed by atoms with van der Waals surface area (Å²) < 4.78 is 0. The summed E-state index contributed by atoms with van der Waals surface area (Å²) in [5.41, 5.74) is 0. The van der Waals surface area contributed by atoms with E-state index in [9.17, 15) is 4.79 Å². The molecule has 0 aromatic carbocycles. The molecule has 0 fully saturated rings. The van der Waals surface area contributed by atoms with E-state index >= 15 is 0 Å². The molecule has 0 aliphatic heterocycles. The molecule has 2 heteroatoms. The lowest BCUT2D eigenvalue weighted by Gasteiger charge is -1.56. The normalized spacial score (nSPS) is 4.88. The largest absolute Gasteiger partial charge is 0.300 e. The summed E-state index contributed by atoms with van der Waals surface area (Å²) in [7, 11) is 0. The van der Waals surface area contributed by atoms with E-state index in [1.165, 1.54) is 13.8 Å². The van der Waals surface area contributed by atoms with E-state index in [4.69, 9.17) is 0 Å². The second-order valence-electron chi connectivity index (χ2n) is 1.32. The second kappa shape index (κ2) is 16.0. The standard InChI is InChI=1S/C3H6O.C3H6.H4Si/c1-3(2)4;1-3-2;/h1-2H3;3H,1H2,2H3;1H4. The Hall–Kier alpha value is -0.373. The number of hydrogen-bond acceptors (Lipinski definition) is 1. The van der Waals surface area contributed by atoms with Gasteiger partial charge in [-0.2, -0.15) is 0 Å². The van der Waals surface area contributed by atoms with Gasteiger partial charge in [0, 0.05) is 0 Å². The van der Waals surface area contributed by atoms with Gasteiger partial charge in [-0.15, -0.1) is 6.58 Å². The first-order chi connectivity index (χ1) is 3.15. The van der Waals surface area contributed by atoms with Gasteiger partial charge < -0.3 is 4.79 Å². The molecule has 0 spiro atoms. The number of ketones is 1. The maximum absolute atomic E-state index is 9.44. The molecule has 0 aliphatic carbocycles. The summed E-state index contributed by atoms with van der Waals surface area (Å²) in [4.78, 5) is 9.44. The van der Waals surface area contributed by atoms with Crippen molar-refractivity contribution in [2.24, 2.45) is 0 Å². The second-order valence-corrected chi connectivity index (χ2v) is 1.32. The molecule has 0 radical (unpaired) electrons. The molecule has 0 aliphatic rings. The molecule has 0 aromatic heterocycles. The first-order valence-electron chi connectivity index (χ1n) is 2.19. The van der Waals surface area contributed by atoms with Crippen LogP contribution in [-0.2, 0) is 4.79 Å². The van der Waals surface area contributed by atoms with Crippen LogP contribution < -0.4 is 0 Å². The Morgan fingerprint density at radius 1 is 1.50 bits per heavy atom. The fraction of sp³-hybridized carbons (Fsp3) is 0.500. The van der Waals surface area contributed by atoms with Gasteiger partial charge in [0.2, 0.25) is 0 Å². The molecule has 0 bridgehead atoms. The molecule has 0 unspecified atom stereocenters. The number of carbonyl (C=O) groups excluding carboxylic acids is 1. The topological polar surface area (TPSA) is 17.1 Å². The fourth-order valence-corrected chi connectivity index (χ4v) is 0. The predicted molar refractivity (Wildman–Crippen MR) is 43.6 cm³/mol. The number of rotatable bonds is 0. The van der Waals surface area contributed by atoms with Gasteiger partial charge in [-0.05, 0) is 31.7 Å². The zero-order chi connectivity index (χ0) is 6.28. The smallest absolute Gasteiger partial charge is 0.126 e. The van der Waals surface area contributed by atoms with E-state index in [0.29, 0.717) is 0 Å². The highest BCUT2D eigenvalue weighted by atomic mass is 28.1. The molecule has 0 N–H and O–H groups in total. The molecule has 0 rings (SSSR count). The fourth-order valence-electron chi connectivity index (χ4n) is 0. The third kappa shape index (κ3) is 865. The van der Waals surface area contributed by atoms with Crippen molar-refractivity contribution in [3.05, 3.63) is 12.7 Å². The Morgan fingerprint density at radius 2 is 1.50 bits per heavy atom. The van der Waals surface area contributed by atoms with Crippen LogP contribution in [0.5, 0.6) is 0 Å². The van der Waals surface area contributed by atoms with Crippen LogP contribution in [0.2, 0.25) is 0 Å². The lowest BCUT2D eigenvalue weighted by Crippen LogP contribution is -1.69. The van der Waals surface area contributed by atoms with Crippen LogP contribution in [0.4, 0.5) is 0 Å². The Morgan fingerprint density at radius 3 is 1.50 bits per heavy atom. The molecular formula is C6H16OSi. The van der Waals surface area contributed by atoms with Crippen molar-refractivity contribution in [2.45, 2.75) is 20.8 Å². The van der Waals surface area contributed by atoms with Crippen molar-refractivity contribution < 1.29 is 4.79 Å². The molecule has 0 amide bonds. The van der Waals surface area contributed by atoms with Gasteiger partial charge >= 0.3 is 0 Å². The highest BCUT2D eigenvalue weighted by molar-refractivity contribution is 5.75. The van der Waals surface area contributed by atoms with Crippen LogP contribution in [0.1, 0.15) is 20.8 Å². The summed E-state index contributed by atoms with van der Waals surface area (Å²) in [5.74, 6) is 0.167. The lowest BCUT2D eigenvalue weighted by molar-refractivity contribution is -0.114. The first kappa shape index (κ1) is 15.6. The molecular weight excluding hydrogens is 116 g/mol. The summed E-state index contributed by atoms with van der Waals surface area (Å²) in [5, 5.41) is 0. The van der Waals surface area contributed by atoms with Crippen LogP contribution in [0.15, 0.2) is 12.7 Å². The van der Waals surface area contributed by atoms with E-state index in [1.807, 2.05) is 6.92 Å². The minimum Gasteiger partial charge on any atom is -0.300 e. The van der Waals surface area contributed by atoms with Crippen molar-refractivity contribution in [3.63, 3.8) is 0 Å². The van der Waals surface area contributed by atoms with E-state index < -0.39 is 0 Å². The molecule has 8 heavy (non-hydrogen) atoms. The molecule has 0 saturated heterocycles. The van der Waals surface area contributed by atoms with E-state index in [0.717, 1.165) is 0 Å². The minimum absolute atomic E-state index is 0. The van der Waals surface area contributed by atoms with Crippen molar-refractivity contribution in [1.82, 2.24) is 0 Å². The SMILES string of the molecule is C=CC.CC(C)=O.[SiH4]. The Bertz CT molecular complexity index is 55.5. The van der Waals surface area contributed by atoms with Gasteiger partial charge in [-0.3, -0.25) is 0 Å². The van der Waals surface area contributed by atoms with Gasteiger partial charge in [-0.1, -0.05) is 6.08 Å². The summed E-state index contributed by atoms with van der Waals surface area (Å²) in [6.45, 7) is 8.31. The average molecular weight is 132 g/mol. The third-order valence-electron chi connectivity index (χ3n) is 0. The quantitative estimate of drug-likeness (QED) is 0.343. The van der Waals surface area contributed by atoms with Gasteiger partial charge in [0.25, 0.3) is 0 Å². The maximum atomic E-state index is 9.44. The summed E-state index contributed by atoms with van der Waals surface area (Å²) in [6, 6.07) is 0. The summed E-state index contributed by atoms with van der Waals surface area (Å²) in [6.07, 6.45) is 1.75. The molecule has 0 atom stereocenters. The van der Waals surface area contributed by atoms with Crippen molar-refractivity contribution in [1.29, 1.82) is 0 Å². The van der Waals surface area contributed by atoms with Gasteiger partial charge in [0.05, 0.1) is 0 Å². The molecule has 0 heterocycles. The minimum atomic E-state index is 0.